The number of oxime groups is 1. The second-order valence-corrected chi connectivity index (χ2v) is 10.4. The van der Waals surface area contributed by atoms with E-state index in [2.05, 4.69) is 20.4 Å². The molecule has 39 heavy (non-hydrogen) atoms. The second-order valence-electron chi connectivity index (χ2n) is 8.36. The van der Waals surface area contributed by atoms with Gasteiger partial charge in [-0.2, -0.15) is 0 Å². The minimum atomic E-state index is -1.27. The van der Waals surface area contributed by atoms with Crippen molar-refractivity contribution in [2.24, 2.45) is 5.16 Å². The molecule has 2 aliphatic heterocycles. The topological polar surface area (TPSA) is 205 Å². The monoisotopic (exact) mass is 571 g/mol. The molecule has 0 saturated carbocycles. The van der Waals surface area contributed by atoms with Crippen LogP contribution < -0.4 is 11.1 Å². The molecule has 2 aliphatic rings. The number of thiazole rings is 1. The number of carboxylic acid groups (broad SMARTS) is 1. The maximum absolute atomic E-state index is 13.0. The summed E-state index contributed by atoms with van der Waals surface area (Å²) >= 11 is 2.42. The molecule has 1 saturated heterocycles. The zero-order valence-electron chi connectivity index (χ0n) is 20.1. The van der Waals surface area contributed by atoms with E-state index in [4.69, 9.17) is 10.6 Å². The summed E-state index contributed by atoms with van der Waals surface area (Å²) in [6, 6.07) is 1.75. The number of carboxylic acids is 1. The van der Waals surface area contributed by atoms with Gasteiger partial charge in [-0.15, -0.1) is 23.1 Å². The summed E-state index contributed by atoms with van der Waals surface area (Å²) in [6.07, 6.45) is 4.86. The number of nitrogens with one attached hydrogen (secondary N) is 1. The van der Waals surface area contributed by atoms with Crippen molar-refractivity contribution in [3.8, 4) is 11.5 Å². The number of rotatable bonds is 8. The SMILES string of the molecule is CON=C(C(=O)NC1C(=O)N2C(C(=O)O)=C(C=CCn3cnc4cc(O)c(O)cc43)CS[C@@H]12)c1csc(N)n1. The number of aliphatic carboxylic acids is 1. The molecule has 14 nitrogen and oxygen atoms in total. The molecule has 2 aromatic heterocycles. The number of amides is 2. The third-order valence-electron chi connectivity index (χ3n) is 5.99. The second kappa shape index (κ2) is 10.3. The predicted octanol–water partition coefficient (Wildman–Crippen LogP) is 0.832. The van der Waals surface area contributed by atoms with E-state index in [0.29, 0.717) is 23.2 Å². The number of carbonyl (C=O) groups is 3. The first kappa shape index (κ1) is 26.1. The van der Waals surface area contributed by atoms with Crippen LogP contribution >= 0.6 is 23.1 Å². The van der Waals surface area contributed by atoms with Gasteiger partial charge in [0.25, 0.3) is 11.8 Å². The molecule has 202 valence electrons. The van der Waals surface area contributed by atoms with Gasteiger partial charge in [0.15, 0.2) is 22.3 Å². The number of phenolic OH excluding ortho intramolecular Hbond substituents is 2. The van der Waals surface area contributed by atoms with E-state index >= 15 is 0 Å². The summed E-state index contributed by atoms with van der Waals surface area (Å²) < 4.78 is 1.71. The fourth-order valence-electron chi connectivity index (χ4n) is 4.21. The number of hydrogen-bond donors (Lipinski definition) is 5. The van der Waals surface area contributed by atoms with E-state index in [1.54, 1.807) is 16.7 Å². The van der Waals surface area contributed by atoms with Gasteiger partial charge < -0.3 is 35.8 Å². The quantitative estimate of drug-likeness (QED) is 0.111. The number of hydrogen-bond acceptors (Lipinski definition) is 12. The predicted molar refractivity (Wildman–Crippen MR) is 142 cm³/mol. The Morgan fingerprint density at radius 2 is 2.10 bits per heavy atom. The molecule has 4 heterocycles. The van der Waals surface area contributed by atoms with E-state index < -0.39 is 29.2 Å². The van der Waals surface area contributed by atoms with Gasteiger partial charge in [0.05, 0.1) is 17.4 Å². The van der Waals surface area contributed by atoms with Crippen LogP contribution in [0, 0.1) is 0 Å². The number of allylic oxidation sites excluding steroid dienone is 2. The first-order valence-electron chi connectivity index (χ1n) is 11.3. The van der Waals surface area contributed by atoms with Crippen molar-refractivity contribution in [3.05, 3.63) is 53.0 Å². The number of nitrogens with zero attached hydrogens (tertiary/aromatic N) is 5. The Labute approximate surface area is 228 Å². The average Bonchev–Trinajstić information content (AvgIpc) is 3.51. The van der Waals surface area contributed by atoms with Gasteiger partial charge in [-0.1, -0.05) is 17.3 Å². The molecule has 0 radical (unpaired) electrons. The molecule has 6 N–H and O–H groups in total. The summed E-state index contributed by atoms with van der Waals surface area (Å²) in [5.41, 5.74) is 6.99. The number of thioether (sulfide) groups is 1. The maximum Gasteiger partial charge on any atom is 0.352 e. The standard InChI is InChI=1S/C23H21N7O7S2/c1-37-28-16(12-8-39-23(24)26-12)19(33)27-17-20(34)30-18(22(35)36)10(7-38-21(17)30)3-2-4-29-9-25-11-5-14(31)15(32)6-13(11)29/h2-3,5-6,8-9,17,21,31-32H,4,7H2,1H3,(H2,24,26)(H,27,33)(H,35,36)/t17?,21-/m0/s1. The van der Waals surface area contributed by atoms with Crippen LogP contribution in [0.5, 0.6) is 11.5 Å². The van der Waals surface area contributed by atoms with Gasteiger partial charge in [-0.3, -0.25) is 14.5 Å². The highest BCUT2D eigenvalue weighted by molar-refractivity contribution is 8.00. The van der Waals surface area contributed by atoms with Crippen LogP contribution in [0.15, 0.2) is 52.4 Å². The minimum Gasteiger partial charge on any atom is -0.504 e. The third kappa shape index (κ3) is 4.74. The Morgan fingerprint density at radius 1 is 1.33 bits per heavy atom. The Kier molecular flexibility index (Phi) is 6.88. The zero-order valence-corrected chi connectivity index (χ0v) is 21.8. The first-order valence-corrected chi connectivity index (χ1v) is 13.2. The van der Waals surface area contributed by atoms with Gasteiger partial charge >= 0.3 is 5.97 Å². The Bertz CT molecular complexity index is 1590. The lowest BCUT2D eigenvalue weighted by molar-refractivity contribution is -0.150. The fourth-order valence-corrected chi connectivity index (χ4v) is 6.08. The van der Waals surface area contributed by atoms with E-state index in [0.717, 1.165) is 16.2 Å². The minimum absolute atomic E-state index is 0.161. The molecule has 0 spiro atoms. The molecule has 0 aliphatic carbocycles. The highest BCUT2D eigenvalue weighted by Crippen LogP contribution is 2.40. The molecular weight excluding hydrogens is 550 g/mol. The Morgan fingerprint density at radius 3 is 2.79 bits per heavy atom. The number of benzene rings is 1. The van der Waals surface area contributed by atoms with Crippen LogP contribution in [-0.2, 0) is 25.8 Å². The van der Waals surface area contributed by atoms with Gasteiger partial charge in [0, 0.05) is 29.8 Å². The van der Waals surface area contributed by atoms with Crippen LogP contribution in [0.25, 0.3) is 11.0 Å². The summed E-state index contributed by atoms with van der Waals surface area (Å²) in [6.45, 7) is 0.292. The number of imidazole rings is 1. The van der Waals surface area contributed by atoms with Gasteiger partial charge in [-0.25, -0.2) is 14.8 Å². The Balaban J connectivity index is 1.32. The smallest absolute Gasteiger partial charge is 0.352 e. The molecule has 16 heteroatoms. The molecule has 2 atom stereocenters. The van der Waals surface area contributed by atoms with Crippen LogP contribution in [0.3, 0.4) is 0 Å². The van der Waals surface area contributed by atoms with Crippen LogP contribution in [-0.4, -0.2) is 82.5 Å². The molecule has 2 amide bonds. The molecule has 1 aromatic carbocycles. The van der Waals surface area contributed by atoms with E-state index in [9.17, 15) is 29.7 Å². The highest BCUT2D eigenvalue weighted by Gasteiger charge is 2.54. The average molecular weight is 572 g/mol. The number of carbonyl (C=O) groups excluding carboxylic acids is 2. The lowest BCUT2D eigenvalue weighted by atomic mass is 10.0. The Hall–Kier alpha value is -4.57. The number of β-lactam (4-membered cyclic amide) rings is 1. The number of anilines is 1. The van der Waals surface area contributed by atoms with Crippen molar-refractivity contribution >= 4 is 62.8 Å². The lowest BCUT2D eigenvalue weighted by Crippen LogP contribution is -2.71. The first-order chi connectivity index (χ1) is 18.7. The van der Waals surface area contributed by atoms with Crippen molar-refractivity contribution in [2.45, 2.75) is 18.0 Å². The molecular formula is C23H21N7O7S2. The van der Waals surface area contributed by atoms with E-state index in [1.807, 2.05) is 0 Å². The van der Waals surface area contributed by atoms with Crippen molar-refractivity contribution in [1.82, 2.24) is 24.8 Å². The van der Waals surface area contributed by atoms with Crippen molar-refractivity contribution in [1.29, 1.82) is 0 Å². The fraction of sp³-hybridized carbons (Fsp3) is 0.217. The summed E-state index contributed by atoms with van der Waals surface area (Å²) in [4.78, 5) is 52.1. The summed E-state index contributed by atoms with van der Waals surface area (Å²) in [5, 5.41) is 36.8. The summed E-state index contributed by atoms with van der Waals surface area (Å²) in [7, 11) is 1.26. The number of nitrogens with two attached hydrogens (primary N) is 1. The number of aromatic nitrogens is 3. The largest absolute Gasteiger partial charge is 0.504 e. The van der Waals surface area contributed by atoms with Crippen molar-refractivity contribution < 1.29 is 34.5 Å². The third-order valence-corrected chi connectivity index (χ3v) is 7.96. The maximum atomic E-state index is 13.0. The van der Waals surface area contributed by atoms with Crippen molar-refractivity contribution in [3.63, 3.8) is 0 Å². The molecule has 1 unspecified atom stereocenters. The summed E-state index contributed by atoms with van der Waals surface area (Å²) in [5.74, 6) is -2.84. The molecule has 3 aromatic rings. The number of phenols is 2. The van der Waals surface area contributed by atoms with Crippen molar-refractivity contribution in [2.75, 3.05) is 18.6 Å². The van der Waals surface area contributed by atoms with Gasteiger partial charge in [0.1, 0.15) is 29.9 Å². The van der Waals surface area contributed by atoms with Crippen LogP contribution in [0.2, 0.25) is 0 Å². The molecule has 0 bridgehead atoms. The normalized spacial score (nSPS) is 19.4. The van der Waals surface area contributed by atoms with Gasteiger partial charge in [0.2, 0.25) is 0 Å². The molecule has 5 rings (SSSR count). The number of fused-ring (bicyclic) bond motifs is 2. The van der Waals surface area contributed by atoms with E-state index in [1.165, 1.54) is 42.7 Å². The van der Waals surface area contributed by atoms with E-state index in [-0.39, 0.29) is 39.5 Å². The molecule has 1 fully saturated rings. The lowest BCUT2D eigenvalue weighted by Gasteiger charge is -2.49. The van der Waals surface area contributed by atoms with Crippen LogP contribution in [0.1, 0.15) is 5.69 Å². The number of aromatic hydroxyl groups is 2. The zero-order chi connectivity index (χ0) is 27.8. The van der Waals surface area contributed by atoms with Gasteiger partial charge in [-0.05, 0) is 5.57 Å². The highest BCUT2D eigenvalue weighted by atomic mass is 32.2. The van der Waals surface area contributed by atoms with Crippen LogP contribution in [0.4, 0.5) is 5.13 Å². The number of nitrogen functional groups attached to an aromatic ring is 1.